The summed E-state index contributed by atoms with van der Waals surface area (Å²) < 4.78 is 5.85. The Kier molecular flexibility index (Phi) is 4.02. The molecule has 0 saturated carbocycles. The number of ether oxygens (including phenoxy) is 1. The molecule has 1 saturated heterocycles. The Labute approximate surface area is 119 Å². The topological polar surface area (TPSA) is 51.4 Å². The predicted molar refractivity (Wildman–Crippen MR) is 81.9 cm³/mol. The average molecular weight is 271 g/mol. The second kappa shape index (κ2) is 6.09. The zero-order valence-corrected chi connectivity index (χ0v) is 11.7. The van der Waals surface area contributed by atoms with Crippen LogP contribution in [0.1, 0.15) is 19.3 Å². The Morgan fingerprint density at radius 1 is 1.15 bits per heavy atom. The van der Waals surface area contributed by atoms with Gasteiger partial charge in [-0.25, -0.2) is 0 Å². The molecule has 0 atom stereocenters. The smallest absolute Gasteiger partial charge is 0.143 e. The first-order valence-corrected chi connectivity index (χ1v) is 7.33. The van der Waals surface area contributed by atoms with Gasteiger partial charge < -0.3 is 10.5 Å². The zero-order chi connectivity index (χ0) is 13.8. The number of piperidine rings is 1. The number of hydrogen-bond donors (Lipinski definition) is 1. The van der Waals surface area contributed by atoms with Crippen LogP contribution in [0.5, 0.6) is 5.75 Å². The van der Waals surface area contributed by atoms with Crippen LogP contribution in [0.3, 0.4) is 0 Å². The summed E-state index contributed by atoms with van der Waals surface area (Å²) in [5, 5.41) is 0.961. The lowest BCUT2D eigenvalue weighted by Crippen LogP contribution is -2.33. The second-order valence-electron chi connectivity index (χ2n) is 5.30. The number of nitrogens with zero attached hydrogens (tertiary/aromatic N) is 2. The lowest BCUT2D eigenvalue weighted by Gasteiger charge is -2.26. The molecular weight excluding hydrogens is 250 g/mol. The fraction of sp³-hybridized carbons (Fsp3) is 0.438. The van der Waals surface area contributed by atoms with Crippen molar-refractivity contribution in [1.29, 1.82) is 0 Å². The molecule has 2 heterocycles. The summed E-state index contributed by atoms with van der Waals surface area (Å²) in [6.07, 6.45) is 5.76. The molecule has 4 nitrogen and oxygen atoms in total. The Bertz CT molecular complexity index is 579. The number of nitrogen functional groups attached to an aromatic ring is 1. The van der Waals surface area contributed by atoms with Gasteiger partial charge >= 0.3 is 0 Å². The lowest BCUT2D eigenvalue weighted by atomic mass is 10.1. The van der Waals surface area contributed by atoms with Crippen molar-refractivity contribution in [3.05, 3.63) is 30.5 Å². The molecule has 1 fully saturated rings. The first kappa shape index (κ1) is 13.2. The van der Waals surface area contributed by atoms with Gasteiger partial charge in [0, 0.05) is 18.1 Å². The van der Waals surface area contributed by atoms with E-state index in [9.17, 15) is 0 Å². The standard InChI is InChI=1S/C16H21N3O/c17-16-13-5-4-8-18-14(13)6-7-15(16)20-12-11-19-9-2-1-3-10-19/h4-8H,1-3,9-12,17H2. The lowest BCUT2D eigenvalue weighted by molar-refractivity contribution is 0.184. The number of anilines is 1. The van der Waals surface area contributed by atoms with E-state index in [2.05, 4.69) is 9.88 Å². The summed E-state index contributed by atoms with van der Waals surface area (Å²) in [4.78, 5) is 6.75. The van der Waals surface area contributed by atoms with Crippen molar-refractivity contribution in [3.63, 3.8) is 0 Å². The van der Waals surface area contributed by atoms with E-state index < -0.39 is 0 Å². The molecule has 2 N–H and O–H groups in total. The highest BCUT2D eigenvalue weighted by Gasteiger charge is 2.10. The van der Waals surface area contributed by atoms with E-state index in [1.165, 1.54) is 32.4 Å². The van der Waals surface area contributed by atoms with Crippen LogP contribution in [-0.4, -0.2) is 36.1 Å². The van der Waals surface area contributed by atoms with Gasteiger partial charge in [0.05, 0.1) is 11.2 Å². The summed E-state index contributed by atoms with van der Waals surface area (Å²) >= 11 is 0. The molecule has 0 aliphatic carbocycles. The Balaban J connectivity index is 1.63. The maximum absolute atomic E-state index is 6.16. The third-order valence-electron chi connectivity index (χ3n) is 3.90. The largest absolute Gasteiger partial charge is 0.490 e. The molecule has 0 spiro atoms. The van der Waals surface area contributed by atoms with E-state index in [0.717, 1.165) is 23.2 Å². The number of fused-ring (bicyclic) bond motifs is 1. The normalized spacial score (nSPS) is 16.4. The fourth-order valence-electron chi connectivity index (χ4n) is 2.75. The molecule has 20 heavy (non-hydrogen) atoms. The molecule has 0 bridgehead atoms. The fourth-order valence-corrected chi connectivity index (χ4v) is 2.75. The first-order valence-electron chi connectivity index (χ1n) is 7.33. The minimum atomic E-state index is 0.689. The van der Waals surface area contributed by atoms with E-state index in [-0.39, 0.29) is 0 Å². The van der Waals surface area contributed by atoms with Crippen LogP contribution >= 0.6 is 0 Å². The zero-order valence-electron chi connectivity index (χ0n) is 11.7. The van der Waals surface area contributed by atoms with Gasteiger partial charge in [-0.2, -0.15) is 0 Å². The Morgan fingerprint density at radius 2 is 2.00 bits per heavy atom. The third-order valence-corrected chi connectivity index (χ3v) is 3.90. The molecular formula is C16H21N3O. The van der Waals surface area contributed by atoms with Crippen LogP contribution in [0.25, 0.3) is 10.9 Å². The molecule has 1 aromatic carbocycles. The molecule has 3 rings (SSSR count). The number of likely N-dealkylation sites (tertiary alicyclic amines) is 1. The number of nitrogens with two attached hydrogens (primary N) is 1. The summed E-state index contributed by atoms with van der Waals surface area (Å²) in [5.41, 5.74) is 7.76. The van der Waals surface area contributed by atoms with Crippen molar-refractivity contribution in [3.8, 4) is 5.75 Å². The summed E-state index contributed by atoms with van der Waals surface area (Å²) in [6.45, 7) is 4.06. The highest BCUT2D eigenvalue weighted by atomic mass is 16.5. The molecule has 2 aromatic rings. The first-order chi connectivity index (χ1) is 9.84. The highest BCUT2D eigenvalue weighted by Crippen LogP contribution is 2.29. The van der Waals surface area contributed by atoms with Crippen LogP contribution in [-0.2, 0) is 0 Å². The van der Waals surface area contributed by atoms with E-state index in [1.807, 2.05) is 24.3 Å². The van der Waals surface area contributed by atoms with Crippen molar-refractivity contribution in [2.75, 3.05) is 32.0 Å². The number of hydrogen-bond acceptors (Lipinski definition) is 4. The predicted octanol–water partition coefficient (Wildman–Crippen LogP) is 2.68. The van der Waals surface area contributed by atoms with Crippen molar-refractivity contribution >= 4 is 16.6 Å². The van der Waals surface area contributed by atoms with Gasteiger partial charge in [0.1, 0.15) is 12.4 Å². The minimum Gasteiger partial charge on any atom is -0.490 e. The SMILES string of the molecule is Nc1c(OCCN2CCCCC2)ccc2ncccc12. The van der Waals surface area contributed by atoms with Crippen molar-refractivity contribution in [2.24, 2.45) is 0 Å². The summed E-state index contributed by atoms with van der Waals surface area (Å²) in [5.74, 6) is 0.766. The van der Waals surface area contributed by atoms with Crippen molar-refractivity contribution < 1.29 is 4.74 Å². The molecule has 1 aliphatic rings. The van der Waals surface area contributed by atoms with Gasteiger partial charge in [-0.05, 0) is 50.2 Å². The highest BCUT2D eigenvalue weighted by molar-refractivity contribution is 5.93. The van der Waals surface area contributed by atoms with Gasteiger partial charge in [0.15, 0.2) is 0 Å². The van der Waals surface area contributed by atoms with Crippen LogP contribution in [0.4, 0.5) is 5.69 Å². The van der Waals surface area contributed by atoms with E-state index >= 15 is 0 Å². The maximum Gasteiger partial charge on any atom is 0.143 e. The van der Waals surface area contributed by atoms with Gasteiger partial charge in [-0.3, -0.25) is 9.88 Å². The second-order valence-corrected chi connectivity index (χ2v) is 5.30. The van der Waals surface area contributed by atoms with Gasteiger partial charge in [0.2, 0.25) is 0 Å². The molecule has 0 radical (unpaired) electrons. The molecule has 0 amide bonds. The third kappa shape index (κ3) is 2.85. The Morgan fingerprint density at radius 3 is 2.85 bits per heavy atom. The molecule has 106 valence electrons. The molecule has 0 unspecified atom stereocenters. The van der Waals surface area contributed by atoms with Crippen LogP contribution in [0.2, 0.25) is 0 Å². The number of rotatable bonds is 4. The van der Waals surface area contributed by atoms with Crippen LogP contribution < -0.4 is 10.5 Å². The number of aromatic nitrogens is 1. The summed E-state index contributed by atoms with van der Waals surface area (Å²) in [7, 11) is 0. The monoisotopic (exact) mass is 271 g/mol. The number of benzene rings is 1. The molecule has 1 aliphatic heterocycles. The molecule has 1 aromatic heterocycles. The average Bonchev–Trinajstić information content (AvgIpc) is 2.51. The van der Waals surface area contributed by atoms with Gasteiger partial charge in [-0.1, -0.05) is 6.42 Å². The Hall–Kier alpha value is -1.81. The van der Waals surface area contributed by atoms with E-state index in [1.54, 1.807) is 6.20 Å². The van der Waals surface area contributed by atoms with E-state index in [0.29, 0.717) is 12.3 Å². The van der Waals surface area contributed by atoms with Crippen molar-refractivity contribution in [2.45, 2.75) is 19.3 Å². The molecule has 4 heteroatoms. The van der Waals surface area contributed by atoms with E-state index in [4.69, 9.17) is 10.5 Å². The van der Waals surface area contributed by atoms with Crippen LogP contribution in [0.15, 0.2) is 30.5 Å². The van der Waals surface area contributed by atoms with Crippen LogP contribution in [0, 0.1) is 0 Å². The summed E-state index contributed by atoms with van der Waals surface area (Å²) in [6, 6.07) is 7.76. The maximum atomic E-state index is 6.16. The van der Waals surface area contributed by atoms with Gasteiger partial charge in [-0.15, -0.1) is 0 Å². The minimum absolute atomic E-state index is 0.689. The van der Waals surface area contributed by atoms with Gasteiger partial charge in [0.25, 0.3) is 0 Å². The number of pyridine rings is 1. The van der Waals surface area contributed by atoms with Crippen molar-refractivity contribution in [1.82, 2.24) is 9.88 Å². The quantitative estimate of drug-likeness (QED) is 0.869.